The van der Waals surface area contributed by atoms with E-state index in [1.807, 2.05) is 30.5 Å². The molecule has 0 fully saturated rings. The Balaban J connectivity index is 1.71. The molecule has 3 rings (SSSR count). The fourth-order valence-electron chi connectivity index (χ4n) is 2.45. The molecule has 0 aliphatic heterocycles. The van der Waals surface area contributed by atoms with Crippen molar-refractivity contribution < 1.29 is 4.79 Å². The van der Waals surface area contributed by atoms with Gasteiger partial charge < -0.3 is 15.6 Å². The Bertz CT molecular complexity index is 899. The highest BCUT2D eigenvalue weighted by molar-refractivity contribution is 6.35. The van der Waals surface area contributed by atoms with Crippen molar-refractivity contribution in [3.8, 4) is 0 Å². The number of aromatic nitrogens is 2. The van der Waals surface area contributed by atoms with Crippen LogP contribution in [0.2, 0.25) is 5.02 Å². The number of halogens is 1. The zero-order valence-corrected chi connectivity index (χ0v) is 13.9. The summed E-state index contributed by atoms with van der Waals surface area (Å²) in [6.07, 6.45) is 6.75. The van der Waals surface area contributed by atoms with Gasteiger partial charge in [-0.25, -0.2) is 4.98 Å². The molecule has 0 aliphatic carbocycles. The maximum Gasteiger partial charge on any atom is 0.246 e. The molecule has 24 heavy (non-hydrogen) atoms. The van der Waals surface area contributed by atoms with E-state index in [0.29, 0.717) is 17.4 Å². The van der Waals surface area contributed by atoms with Gasteiger partial charge in [-0.15, -0.1) is 0 Å². The summed E-state index contributed by atoms with van der Waals surface area (Å²) in [6.45, 7) is 0.490. The standard InChI is InChI=1S/C18H17ClN4O/c1-23(17(24)8-6-12-5-7-16(20)21-9-12)11-13-10-22-18-14(13)3-2-4-15(18)19/h2-10,22H,11H2,1H3,(H2,20,21)/b8-6+. The van der Waals surface area contributed by atoms with Crippen LogP contribution in [0.5, 0.6) is 0 Å². The largest absolute Gasteiger partial charge is 0.384 e. The van der Waals surface area contributed by atoms with Crippen LogP contribution < -0.4 is 5.73 Å². The van der Waals surface area contributed by atoms with Gasteiger partial charge in [0.15, 0.2) is 0 Å². The predicted molar refractivity (Wildman–Crippen MR) is 97.5 cm³/mol. The third kappa shape index (κ3) is 3.41. The van der Waals surface area contributed by atoms with Crippen molar-refractivity contribution in [2.45, 2.75) is 6.54 Å². The lowest BCUT2D eigenvalue weighted by atomic mass is 10.1. The van der Waals surface area contributed by atoms with Crippen LogP contribution in [-0.2, 0) is 11.3 Å². The van der Waals surface area contributed by atoms with Crippen molar-refractivity contribution in [1.82, 2.24) is 14.9 Å². The molecule has 6 heteroatoms. The average molecular weight is 341 g/mol. The van der Waals surface area contributed by atoms with Crippen molar-refractivity contribution in [2.75, 3.05) is 12.8 Å². The van der Waals surface area contributed by atoms with E-state index >= 15 is 0 Å². The topological polar surface area (TPSA) is 75.0 Å². The second-order valence-electron chi connectivity index (χ2n) is 5.52. The number of fused-ring (bicyclic) bond motifs is 1. The van der Waals surface area contributed by atoms with Crippen molar-refractivity contribution in [1.29, 1.82) is 0 Å². The molecule has 0 saturated heterocycles. The van der Waals surface area contributed by atoms with Crippen molar-refractivity contribution in [2.24, 2.45) is 0 Å². The monoisotopic (exact) mass is 340 g/mol. The minimum Gasteiger partial charge on any atom is -0.384 e. The van der Waals surface area contributed by atoms with Crippen molar-refractivity contribution in [3.63, 3.8) is 0 Å². The lowest BCUT2D eigenvalue weighted by Crippen LogP contribution is -2.23. The van der Waals surface area contributed by atoms with Gasteiger partial charge in [0.2, 0.25) is 5.91 Å². The second kappa shape index (κ2) is 6.76. The van der Waals surface area contributed by atoms with Crippen molar-refractivity contribution >= 4 is 40.3 Å². The molecule has 5 nitrogen and oxygen atoms in total. The van der Waals surface area contributed by atoms with Crippen LogP contribution in [-0.4, -0.2) is 27.8 Å². The van der Waals surface area contributed by atoms with Crippen LogP contribution in [0.3, 0.4) is 0 Å². The van der Waals surface area contributed by atoms with Crippen LogP contribution in [0.25, 0.3) is 17.0 Å². The van der Waals surface area contributed by atoms with Gasteiger partial charge in [0, 0.05) is 37.4 Å². The number of hydrogen-bond acceptors (Lipinski definition) is 3. The van der Waals surface area contributed by atoms with E-state index in [2.05, 4.69) is 9.97 Å². The first kappa shape index (κ1) is 16.1. The summed E-state index contributed by atoms with van der Waals surface area (Å²) in [5, 5.41) is 1.69. The fourth-order valence-corrected chi connectivity index (χ4v) is 2.68. The molecule has 0 spiro atoms. The Morgan fingerprint density at radius 3 is 2.96 bits per heavy atom. The number of anilines is 1. The number of pyridine rings is 1. The third-order valence-electron chi connectivity index (χ3n) is 3.76. The zero-order valence-electron chi connectivity index (χ0n) is 13.2. The molecule has 0 atom stereocenters. The number of H-pyrrole nitrogens is 1. The number of amides is 1. The number of para-hydroxylation sites is 1. The second-order valence-corrected chi connectivity index (χ2v) is 5.93. The van der Waals surface area contributed by atoms with Crippen LogP contribution in [0.15, 0.2) is 48.8 Å². The van der Waals surface area contributed by atoms with E-state index in [1.165, 1.54) is 6.08 Å². The summed E-state index contributed by atoms with van der Waals surface area (Å²) in [5.74, 6) is 0.358. The van der Waals surface area contributed by atoms with Gasteiger partial charge in [-0.05, 0) is 35.4 Å². The number of likely N-dealkylation sites (N-methyl/N-ethyl adjacent to an activating group) is 1. The average Bonchev–Trinajstić information content (AvgIpc) is 2.98. The molecule has 2 heterocycles. The SMILES string of the molecule is CN(Cc1c[nH]c2c(Cl)cccc12)C(=O)/C=C/c1ccc(N)nc1. The minimum atomic E-state index is -0.0943. The molecule has 3 aromatic rings. The Labute approximate surface area is 144 Å². The highest BCUT2D eigenvalue weighted by Gasteiger charge is 2.11. The first-order valence-corrected chi connectivity index (χ1v) is 7.81. The summed E-state index contributed by atoms with van der Waals surface area (Å²) in [7, 11) is 1.76. The predicted octanol–water partition coefficient (Wildman–Crippen LogP) is 3.47. The number of nitrogen functional groups attached to an aromatic ring is 1. The van der Waals surface area contributed by atoms with E-state index < -0.39 is 0 Å². The number of nitrogens with zero attached hydrogens (tertiary/aromatic N) is 2. The Hall–Kier alpha value is -2.79. The Morgan fingerprint density at radius 1 is 1.38 bits per heavy atom. The number of hydrogen-bond donors (Lipinski definition) is 2. The molecule has 0 bridgehead atoms. The first-order chi connectivity index (χ1) is 11.5. The molecule has 0 aliphatic rings. The molecular weight excluding hydrogens is 324 g/mol. The zero-order chi connectivity index (χ0) is 17.1. The highest BCUT2D eigenvalue weighted by Crippen LogP contribution is 2.25. The Morgan fingerprint density at radius 2 is 2.21 bits per heavy atom. The van der Waals surface area contributed by atoms with Gasteiger partial charge in [-0.2, -0.15) is 0 Å². The number of rotatable bonds is 4. The van der Waals surface area contributed by atoms with Gasteiger partial charge in [-0.3, -0.25) is 4.79 Å². The van der Waals surface area contributed by atoms with Gasteiger partial charge in [0.1, 0.15) is 5.82 Å². The maximum atomic E-state index is 12.3. The van der Waals surface area contributed by atoms with Crippen molar-refractivity contribution in [3.05, 3.63) is 65.0 Å². The highest BCUT2D eigenvalue weighted by atomic mass is 35.5. The van der Waals surface area contributed by atoms with Crippen LogP contribution >= 0.6 is 11.6 Å². The molecule has 0 saturated carbocycles. The number of nitrogens with one attached hydrogen (secondary N) is 1. The van der Waals surface area contributed by atoms with E-state index in [9.17, 15) is 4.79 Å². The molecule has 0 unspecified atom stereocenters. The molecule has 122 valence electrons. The molecule has 1 aromatic carbocycles. The maximum absolute atomic E-state index is 12.3. The normalized spacial score (nSPS) is 11.2. The summed E-state index contributed by atoms with van der Waals surface area (Å²) in [6, 6.07) is 9.23. The number of nitrogens with two attached hydrogens (primary N) is 1. The van der Waals surface area contributed by atoms with E-state index in [1.54, 1.807) is 30.3 Å². The van der Waals surface area contributed by atoms with E-state index in [4.69, 9.17) is 17.3 Å². The van der Waals surface area contributed by atoms with E-state index in [-0.39, 0.29) is 5.91 Å². The lowest BCUT2D eigenvalue weighted by molar-refractivity contribution is -0.125. The third-order valence-corrected chi connectivity index (χ3v) is 4.08. The smallest absolute Gasteiger partial charge is 0.246 e. The van der Waals surface area contributed by atoms with Crippen LogP contribution in [0.4, 0.5) is 5.82 Å². The van der Waals surface area contributed by atoms with Crippen LogP contribution in [0.1, 0.15) is 11.1 Å². The van der Waals surface area contributed by atoms with Gasteiger partial charge in [-0.1, -0.05) is 23.7 Å². The number of aromatic amines is 1. The van der Waals surface area contributed by atoms with E-state index in [0.717, 1.165) is 22.0 Å². The molecule has 0 radical (unpaired) electrons. The summed E-state index contributed by atoms with van der Waals surface area (Å²) < 4.78 is 0. The summed E-state index contributed by atoms with van der Waals surface area (Å²) >= 11 is 6.16. The molecular formula is C18H17ClN4O. The first-order valence-electron chi connectivity index (χ1n) is 7.44. The fraction of sp³-hybridized carbons (Fsp3) is 0.111. The number of benzene rings is 1. The van der Waals surface area contributed by atoms with Gasteiger partial charge >= 0.3 is 0 Å². The quantitative estimate of drug-likeness (QED) is 0.714. The van der Waals surface area contributed by atoms with Gasteiger partial charge in [0.05, 0.1) is 10.5 Å². The summed E-state index contributed by atoms with van der Waals surface area (Å²) in [4.78, 5) is 21.1. The Kier molecular flexibility index (Phi) is 4.53. The van der Waals surface area contributed by atoms with Gasteiger partial charge in [0.25, 0.3) is 0 Å². The number of carbonyl (C=O) groups is 1. The van der Waals surface area contributed by atoms with Crippen LogP contribution in [0, 0.1) is 0 Å². The number of carbonyl (C=O) groups excluding carboxylic acids is 1. The molecule has 3 N–H and O–H groups in total. The lowest BCUT2D eigenvalue weighted by Gasteiger charge is -2.14. The minimum absolute atomic E-state index is 0.0943. The summed E-state index contributed by atoms with van der Waals surface area (Å²) in [5.41, 5.74) is 8.27. The molecule has 2 aromatic heterocycles. The molecule has 1 amide bonds.